The Bertz CT molecular complexity index is 679. The largest absolute Gasteiger partial charge is 1.00 e. The van der Waals surface area contributed by atoms with Gasteiger partial charge in [0.1, 0.15) is 0 Å². The molecule has 0 unspecified atom stereocenters. The molecule has 0 aliphatic heterocycles. The minimum Gasteiger partial charge on any atom is -1.00 e. The van der Waals surface area contributed by atoms with Gasteiger partial charge in [0.05, 0.1) is 5.69 Å². The van der Waals surface area contributed by atoms with Crippen LogP contribution in [0.2, 0.25) is 0 Å². The van der Waals surface area contributed by atoms with Crippen LogP contribution in [0.4, 0.5) is 5.69 Å². The molecule has 4 nitrogen and oxygen atoms in total. The van der Waals surface area contributed by atoms with Crippen molar-refractivity contribution in [3.63, 3.8) is 0 Å². The van der Waals surface area contributed by atoms with Crippen LogP contribution in [0.3, 0.4) is 0 Å². The van der Waals surface area contributed by atoms with Crippen molar-refractivity contribution in [2.45, 2.75) is 11.3 Å². The molecule has 3 N–H and O–H groups in total. The lowest BCUT2D eigenvalue weighted by Gasteiger charge is -2.11. The summed E-state index contributed by atoms with van der Waals surface area (Å²) in [5.41, 5.74) is 1.88. The Hall–Kier alpha value is -1.79. The number of thioether (sulfide) groups is 1. The Morgan fingerprint density at radius 2 is 1.73 bits per heavy atom. The maximum absolute atomic E-state index is 12.1. The summed E-state index contributed by atoms with van der Waals surface area (Å²) < 4.78 is 0. The third-order valence-corrected chi connectivity index (χ3v) is 4.54. The molecule has 0 spiro atoms. The molecular formula is C20H26ClN2O2S-. The Morgan fingerprint density at radius 3 is 2.42 bits per heavy atom. The van der Waals surface area contributed by atoms with E-state index in [1.807, 2.05) is 54.6 Å². The molecule has 0 saturated carbocycles. The van der Waals surface area contributed by atoms with Gasteiger partial charge in [-0.05, 0) is 56.6 Å². The summed E-state index contributed by atoms with van der Waals surface area (Å²) in [4.78, 5) is 15.4. The smallest absolute Gasteiger partial charge is 0.248 e. The number of carbonyl (C=O) groups excluding carboxylic acids is 1. The van der Waals surface area contributed by atoms with Gasteiger partial charge in [0, 0.05) is 11.0 Å². The standard InChI is InChI=1S/C20H24N2OS.ClH.H2O/c1-22(2)15-8-16-24-19-12-7-6-11-18(19)21-20(23)14-13-17-9-4-3-5-10-17;;/h3-7,9-14H,8,15-16H2,1-2H3,(H,21,23);1H;1H2/p-1. The van der Waals surface area contributed by atoms with Crippen LogP contribution < -0.4 is 17.7 Å². The van der Waals surface area contributed by atoms with Crippen LogP contribution in [0.5, 0.6) is 0 Å². The SMILES string of the molecule is CN(C)CCCSc1ccccc1NC(=O)C=Cc1ccccc1.O.[Cl-]. The molecule has 0 saturated heterocycles. The van der Waals surface area contributed by atoms with Crippen LogP contribution in [0, 0.1) is 0 Å². The number of para-hydroxylation sites is 1. The van der Waals surface area contributed by atoms with Crippen molar-refractivity contribution in [1.82, 2.24) is 4.90 Å². The Morgan fingerprint density at radius 1 is 1.08 bits per heavy atom. The first-order chi connectivity index (χ1) is 11.6. The van der Waals surface area contributed by atoms with Crippen molar-refractivity contribution >= 4 is 29.4 Å². The first kappa shape index (κ1) is 24.2. The number of nitrogens with zero attached hydrogens (tertiary/aromatic N) is 1. The molecule has 26 heavy (non-hydrogen) atoms. The van der Waals surface area contributed by atoms with Gasteiger partial charge in [-0.1, -0.05) is 42.5 Å². The number of amides is 1. The predicted molar refractivity (Wildman–Crippen MR) is 108 cm³/mol. The van der Waals surface area contributed by atoms with E-state index in [1.54, 1.807) is 17.8 Å². The van der Waals surface area contributed by atoms with Crippen LogP contribution in [-0.2, 0) is 4.79 Å². The highest BCUT2D eigenvalue weighted by Gasteiger charge is 2.05. The number of anilines is 1. The zero-order valence-electron chi connectivity index (χ0n) is 15.1. The highest BCUT2D eigenvalue weighted by atomic mass is 35.5. The van der Waals surface area contributed by atoms with Gasteiger partial charge in [0.15, 0.2) is 0 Å². The van der Waals surface area contributed by atoms with E-state index in [4.69, 9.17) is 0 Å². The zero-order chi connectivity index (χ0) is 17.2. The molecule has 0 aliphatic rings. The summed E-state index contributed by atoms with van der Waals surface area (Å²) in [6, 6.07) is 17.8. The second kappa shape index (κ2) is 13.4. The van der Waals surface area contributed by atoms with Gasteiger partial charge in [0.2, 0.25) is 5.91 Å². The summed E-state index contributed by atoms with van der Waals surface area (Å²) in [6.07, 6.45) is 4.51. The van der Waals surface area contributed by atoms with E-state index in [9.17, 15) is 4.79 Å². The van der Waals surface area contributed by atoms with E-state index in [0.717, 1.165) is 34.9 Å². The Kier molecular flexibility index (Phi) is 12.5. The Labute approximate surface area is 166 Å². The van der Waals surface area contributed by atoms with Gasteiger partial charge in [-0.2, -0.15) is 0 Å². The predicted octanol–water partition coefficient (Wildman–Crippen LogP) is 0.562. The van der Waals surface area contributed by atoms with Gasteiger partial charge in [0.25, 0.3) is 0 Å². The number of carbonyl (C=O) groups is 1. The van der Waals surface area contributed by atoms with E-state index in [-0.39, 0.29) is 23.8 Å². The van der Waals surface area contributed by atoms with E-state index >= 15 is 0 Å². The first-order valence-corrected chi connectivity index (χ1v) is 9.04. The van der Waals surface area contributed by atoms with Gasteiger partial charge in [-0.15, -0.1) is 11.8 Å². The lowest BCUT2D eigenvalue weighted by atomic mass is 10.2. The molecule has 1 amide bonds. The normalized spacial score (nSPS) is 10.3. The monoisotopic (exact) mass is 393 g/mol. The van der Waals surface area contributed by atoms with Gasteiger partial charge in [-0.3, -0.25) is 4.79 Å². The van der Waals surface area contributed by atoms with Crippen LogP contribution in [0.15, 0.2) is 65.6 Å². The van der Waals surface area contributed by atoms with E-state index in [1.165, 1.54) is 0 Å². The van der Waals surface area contributed by atoms with E-state index in [0.29, 0.717) is 0 Å². The van der Waals surface area contributed by atoms with Crippen molar-refractivity contribution in [1.29, 1.82) is 0 Å². The molecule has 2 rings (SSSR count). The van der Waals surface area contributed by atoms with Crippen LogP contribution in [0.25, 0.3) is 6.08 Å². The second-order valence-electron chi connectivity index (χ2n) is 5.73. The maximum Gasteiger partial charge on any atom is 0.248 e. The minimum atomic E-state index is -0.111. The zero-order valence-corrected chi connectivity index (χ0v) is 16.7. The average Bonchev–Trinajstić information content (AvgIpc) is 2.59. The van der Waals surface area contributed by atoms with Gasteiger partial charge < -0.3 is 28.1 Å². The van der Waals surface area contributed by atoms with Crippen molar-refractivity contribution in [2.75, 3.05) is 31.7 Å². The fourth-order valence-electron chi connectivity index (χ4n) is 2.17. The lowest BCUT2D eigenvalue weighted by Crippen LogP contribution is -3.00. The number of nitrogens with one attached hydrogen (secondary N) is 1. The summed E-state index contributed by atoms with van der Waals surface area (Å²) >= 11 is 1.78. The quantitative estimate of drug-likeness (QED) is 0.405. The van der Waals surface area contributed by atoms with Crippen molar-refractivity contribution in [3.8, 4) is 0 Å². The van der Waals surface area contributed by atoms with E-state index < -0.39 is 0 Å². The summed E-state index contributed by atoms with van der Waals surface area (Å²) in [6.45, 7) is 1.07. The number of benzene rings is 2. The molecule has 142 valence electrons. The van der Waals surface area contributed by atoms with Crippen LogP contribution in [0.1, 0.15) is 12.0 Å². The molecule has 0 bridgehead atoms. The molecule has 0 radical (unpaired) electrons. The number of hydrogen-bond donors (Lipinski definition) is 1. The molecule has 0 atom stereocenters. The summed E-state index contributed by atoms with van der Waals surface area (Å²) in [5, 5.41) is 2.97. The topological polar surface area (TPSA) is 63.8 Å². The molecule has 6 heteroatoms. The van der Waals surface area contributed by atoms with Crippen molar-refractivity contribution in [2.24, 2.45) is 0 Å². The van der Waals surface area contributed by atoms with E-state index in [2.05, 4.69) is 30.4 Å². The second-order valence-corrected chi connectivity index (χ2v) is 6.87. The highest BCUT2D eigenvalue weighted by Crippen LogP contribution is 2.27. The third-order valence-electron chi connectivity index (χ3n) is 3.38. The fourth-order valence-corrected chi connectivity index (χ4v) is 3.11. The van der Waals surface area contributed by atoms with Crippen LogP contribution >= 0.6 is 11.8 Å². The van der Waals surface area contributed by atoms with Crippen molar-refractivity contribution in [3.05, 3.63) is 66.2 Å². The molecule has 2 aromatic carbocycles. The lowest BCUT2D eigenvalue weighted by molar-refractivity contribution is -0.111. The highest BCUT2D eigenvalue weighted by molar-refractivity contribution is 7.99. The first-order valence-electron chi connectivity index (χ1n) is 8.06. The number of hydrogen-bond acceptors (Lipinski definition) is 3. The Balaban J connectivity index is 0.00000312. The number of rotatable bonds is 8. The van der Waals surface area contributed by atoms with Crippen LogP contribution in [-0.4, -0.2) is 42.7 Å². The molecule has 0 heterocycles. The molecule has 0 fully saturated rings. The molecule has 0 aromatic heterocycles. The average molecular weight is 394 g/mol. The molecule has 2 aromatic rings. The molecule has 0 aliphatic carbocycles. The summed E-state index contributed by atoms with van der Waals surface area (Å²) in [5.74, 6) is 0.922. The third kappa shape index (κ3) is 9.06. The maximum atomic E-state index is 12.1. The van der Waals surface area contributed by atoms with Crippen molar-refractivity contribution < 1.29 is 22.7 Å². The van der Waals surface area contributed by atoms with Gasteiger partial charge in [-0.25, -0.2) is 0 Å². The summed E-state index contributed by atoms with van der Waals surface area (Å²) in [7, 11) is 4.16. The molecular weight excluding hydrogens is 368 g/mol. The number of halogens is 1. The fraction of sp³-hybridized carbons (Fsp3) is 0.250. The van der Waals surface area contributed by atoms with Gasteiger partial charge >= 0.3 is 0 Å². The minimum absolute atomic E-state index is 0.